The predicted molar refractivity (Wildman–Crippen MR) is 138 cm³/mol. The van der Waals surface area contributed by atoms with Crippen molar-refractivity contribution < 1.29 is 19.1 Å². The highest BCUT2D eigenvalue weighted by molar-refractivity contribution is 7.11. The Balaban J connectivity index is 1.55. The summed E-state index contributed by atoms with van der Waals surface area (Å²) in [5.74, 6) is 1.21. The quantitative estimate of drug-likeness (QED) is 0.375. The molecule has 1 aromatic heterocycles. The Morgan fingerprint density at radius 1 is 0.971 bits per heavy atom. The number of nitrogens with zero attached hydrogens (tertiary/aromatic N) is 2. The lowest BCUT2D eigenvalue weighted by Gasteiger charge is -2.29. The van der Waals surface area contributed by atoms with E-state index in [1.165, 1.54) is 4.88 Å². The van der Waals surface area contributed by atoms with Gasteiger partial charge in [-0.2, -0.15) is 0 Å². The molecular formula is C28H32N2O4S. The van der Waals surface area contributed by atoms with Crippen LogP contribution in [-0.4, -0.2) is 41.5 Å². The molecule has 0 saturated carbocycles. The third kappa shape index (κ3) is 6.42. The van der Waals surface area contributed by atoms with E-state index in [1.54, 1.807) is 34.4 Å². The lowest BCUT2D eigenvalue weighted by atomic mass is 10.1. The molecule has 1 aliphatic rings. The van der Waals surface area contributed by atoms with Gasteiger partial charge in [-0.1, -0.05) is 50.6 Å². The van der Waals surface area contributed by atoms with Gasteiger partial charge in [-0.3, -0.25) is 9.59 Å². The molecule has 0 fully saturated rings. The summed E-state index contributed by atoms with van der Waals surface area (Å²) in [6.45, 7) is 7.94. The van der Waals surface area contributed by atoms with Gasteiger partial charge in [-0.25, -0.2) is 0 Å². The Bertz CT molecular complexity index is 1160. The number of benzene rings is 2. The molecule has 1 aliphatic heterocycles. The van der Waals surface area contributed by atoms with Gasteiger partial charge in [0.25, 0.3) is 5.91 Å². The van der Waals surface area contributed by atoms with Gasteiger partial charge in [-0.05, 0) is 48.7 Å². The van der Waals surface area contributed by atoms with Gasteiger partial charge in [0.1, 0.15) is 6.54 Å². The third-order valence-corrected chi connectivity index (χ3v) is 7.16. The Morgan fingerprint density at radius 3 is 2.46 bits per heavy atom. The molecule has 0 bridgehead atoms. The number of fused-ring (bicyclic) bond motifs is 1. The fourth-order valence-electron chi connectivity index (χ4n) is 3.99. The second kappa shape index (κ2) is 11.4. The van der Waals surface area contributed by atoms with E-state index in [-0.39, 0.29) is 31.1 Å². The van der Waals surface area contributed by atoms with E-state index in [4.69, 9.17) is 9.47 Å². The number of amides is 2. The molecule has 2 heterocycles. The van der Waals surface area contributed by atoms with Crippen molar-refractivity contribution in [2.24, 2.45) is 5.92 Å². The van der Waals surface area contributed by atoms with Crippen molar-refractivity contribution in [1.29, 1.82) is 0 Å². The van der Waals surface area contributed by atoms with Crippen LogP contribution in [0, 0.1) is 12.8 Å². The van der Waals surface area contributed by atoms with Gasteiger partial charge in [0, 0.05) is 28.4 Å². The van der Waals surface area contributed by atoms with Crippen LogP contribution in [0.5, 0.6) is 11.5 Å². The van der Waals surface area contributed by atoms with Crippen molar-refractivity contribution in [3.8, 4) is 11.5 Å². The van der Waals surface area contributed by atoms with Gasteiger partial charge in [0.15, 0.2) is 11.5 Å². The first-order valence-corrected chi connectivity index (χ1v) is 12.8. The van der Waals surface area contributed by atoms with Crippen LogP contribution in [0.25, 0.3) is 0 Å². The van der Waals surface area contributed by atoms with Gasteiger partial charge < -0.3 is 19.3 Å². The standard InChI is InChI=1S/C28H32N2O4S/c1-4-20(2)15-30(28(32)23-11-13-25-26(14-23)34-19-33-25)18-27(31)29(16-22-8-6-5-7-9-22)17-24-12-10-21(3)35-24/h5-14,20H,4,15-19H2,1-3H3. The van der Waals surface area contributed by atoms with Crippen LogP contribution < -0.4 is 9.47 Å². The number of carbonyl (C=O) groups excluding carboxylic acids is 2. The van der Waals surface area contributed by atoms with E-state index >= 15 is 0 Å². The SMILES string of the molecule is CCC(C)CN(CC(=O)N(Cc1ccccc1)Cc1ccc(C)s1)C(=O)c1ccc2c(c1)OCO2. The summed E-state index contributed by atoms with van der Waals surface area (Å²) in [6.07, 6.45) is 0.918. The van der Waals surface area contributed by atoms with Crippen LogP contribution in [0.15, 0.2) is 60.7 Å². The first kappa shape index (κ1) is 24.8. The molecule has 0 spiro atoms. The molecule has 0 saturated heterocycles. The second-order valence-corrected chi connectivity index (χ2v) is 10.4. The summed E-state index contributed by atoms with van der Waals surface area (Å²) >= 11 is 1.69. The van der Waals surface area contributed by atoms with E-state index in [1.807, 2.05) is 35.2 Å². The van der Waals surface area contributed by atoms with Crippen molar-refractivity contribution in [3.63, 3.8) is 0 Å². The molecule has 0 aliphatic carbocycles. The lowest BCUT2D eigenvalue weighted by Crippen LogP contribution is -2.44. The van der Waals surface area contributed by atoms with Gasteiger partial charge in [0.2, 0.25) is 12.7 Å². The van der Waals surface area contributed by atoms with Crippen LogP contribution in [0.3, 0.4) is 0 Å². The fraction of sp³-hybridized carbons (Fsp3) is 0.357. The van der Waals surface area contributed by atoms with Crippen molar-refractivity contribution in [3.05, 3.63) is 81.5 Å². The number of aryl methyl sites for hydroxylation is 1. The van der Waals surface area contributed by atoms with Crippen molar-refractivity contribution in [1.82, 2.24) is 9.80 Å². The highest BCUT2D eigenvalue weighted by atomic mass is 32.1. The zero-order valence-electron chi connectivity index (χ0n) is 20.5. The molecule has 6 nitrogen and oxygen atoms in total. The van der Waals surface area contributed by atoms with E-state index in [2.05, 4.69) is 32.9 Å². The maximum absolute atomic E-state index is 13.7. The van der Waals surface area contributed by atoms with E-state index < -0.39 is 0 Å². The largest absolute Gasteiger partial charge is 0.454 e. The molecule has 3 aromatic rings. The minimum Gasteiger partial charge on any atom is -0.454 e. The predicted octanol–water partition coefficient (Wildman–Crippen LogP) is 5.50. The van der Waals surface area contributed by atoms with Crippen LogP contribution >= 0.6 is 11.3 Å². The Hall–Kier alpha value is -3.32. The summed E-state index contributed by atoms with van der Waals surface area (Å²) in [6, 6.07) is 19.3. The molecule has 184 valence electrons. The molecule has 0 N–H and O–H groups in total. The Morgan fingerprint density at radius 2 is 1.74 bits per heavy atom. The van der Waals surface area contributed by atoms with E-state index in [0.29, 0.717) is 36.7 Å². The lowest BCUT2D eigenvalue weighted by molar-refractivity contribution is -0.133. The average Bonchev–Trinajstić information content (AvgIpc) is 3.51. The Kier molecular flexibility index (Phi) is 8.08. The van der Waals surface area contributed by atoms with Crippen molar-refractivity contribution in [2.45, 2.75) is 40.3 Å². The second-order valence-electron chi connectivity index (χ2n) is 9.01. The molecule has 7 heteroatoms. The number of rotatable bonds is 10. The van der Waals surface area contributed by atoms with Gasteiger partial charge in [0.05, 0.1) is 6.54 Å². The smallest absolute Gasteiger partial charge is 0.254 e. The number of hydrogen-bond donors (Lipinski definition) is 0. The molecule has 1 unspecified atom stereocenters. The Labute approximate surface area is 211 Å². The topological polar surface area (TPSA) is 59.1 Å². The highest BCUT2D eigenvalue weighted by Crippen LogP contribution is 2.33. The molecular weight excluding hydrogens is 460 g/mol. The van der Waals surface area contributed by atoms with Crippen molar-refractivity contribution >= 4 is 23.2 Å². The molecule has 0 radical (unpaired) electrons. The van der Waals surface area contributed by atoms with Crippen LogP contribution in [0.4, 0.5) is 0 Å². The third-order valence-electron chi connectivity index (χ3n) is 6.17. The number of hydrogen-bond acceptors (Lipinski definition) is 5. The zero-order chi connectivity index (χ0) is 24.8. The normalized spacial score (nSPS) is 12.9. The first-order chi connectivity index (χ1) is 16.9. The summed E-state index contributed by atoms with van der Waals surface area (Å²) in [5.41, 5.74) is 1.55. The van der Waals surface area contributed by atoms with Crippen LogP contribution in [0.2, 0.25) is 0 Å². The minimum atomic E-state index is -0.177. The monoisotopic (exact) mass is 492 g/mol. The zero-order valence-corrected chi connectivity index (χ0v) is 21.3. The molecule has 1 atom stereocenters. The molecule has 2 amide bonds. The fourth-order valence-corrected chi connectivity index (χ4v) is 4.90. The van der Waals surface area contributed by atoms with Crippen molar-refractivity contribution in [2.75, 3.05) is 19.9 Å². The number of thiophene rings is 1. The summed E-state index contributed by atoms with van der Waals surface area (Å²) in [4.78, 5) is 33.0. The number of carbonyl (C=O) groups is 2. The average molecular weight is 493 g/mol. The van der Waals surface area contributed by atoms with E-state index in [0.717, 1.165) is 16.9 Å². The molecule has 2 aromatic carbocycles. The maximum atomic E-state index is 13.7. The summed E-state index contributed by atoms with van der Waals surface area (Å²) < 4.78 is 10.8. The maximum Gasteiger partial charge on any atom is 0.254 e. The summed E-state index contributed by atoms with van der Waals surface area (Å²) in [7, 11) is 0. The van der Waals surface area contributed by atoms with E-state index in [9.17, 15) is 9.59 Å². The van der Waals surface area contributed by atoms with Crippen LogP contribution in [0.1, 0.15) is 45.9 Å². The summed E-state index contributed by atoms with van der Waals surface area (Å²) in [5, 5.41) is 0. The van der Waals surface area contributed by atoms with Gasteiger partial charge in [-0.15, -0.1) is 11.3 Å². The molecule has 35 heavy (non-hydrogen) atoms. The molecule has 4 rings (SSSR count). The highest BCUT2D eigenvalue weighted by Gasteiger charge is 2.26. The van der Waals surface area contributed by atoms with Gasteiger partial charge >= 0.3 is 0 Å². The van der Waals surface area contributed by atoms with Crippen LogP contribution in [-0.2, 0) is 17.9 Å². The first-order valence-electron chi connectivity index (χ1n) is 12.0. The number of ether oxygens (including phenoxy) is 2. The minimum absolute atomic E-state index is 0.0226.